The van der Waals surface area contributed by atoms with E-state index in [1.54, 1.807) is 19.9 Å². The number of allylic oxidation sites excluding steroid dienone is 1. The lowest BCUT2D eigenvalue weighted by molar-refractivity contribution is -0.184. The van der Waals surface area contributed by atoms with Gasteiger partial charge in [0.15, 0.2) is 12.4 Å². The molecule has 4 rings (SSSR count). The van der Waals surface area contributed by atoms with Crippen LogP contribution in [0, 0.1) is 34.5 Å². The number of carbonyl (C=O) groups is 7. The molecule has 0 bridgehead atoms. The molecule has 0 saturated heterocycles. The fourth-order valence-electron chi connectivity index (χ4n) is 9.29. The van der Waals surface area contributed by atoms with Crippen LogP contribution in [0.3, 0.4) is 0 Å². The summed E-state index contributed by atoms with van der Waals surface area (Å²) in [5.41, 5.74) is 3.10. The molecule has 14 nitrogen and oxygen atoms in total. The molecule has 3 fully saturated rings. The van der Waals surface area contributed by atoms with E-state index in [1.807, 2.05) is 6.92 Å². The van der Waals surface area contributed by atoms with Crippen molar-refractivity contribution in [3.05, 3.63) is 11.6 Å². The van der Waals surface area contributed by atoms with Gasteiger partial charge in [0.2, 0.25) is 23.5 Å². The number of carboxylic acids is 1. The Bertz CT molecular complexity index is 1410. The zero-order chi connectivity index (χ0) is 36.5. The van der Waals surface area contributed by atoms with Crippen LogP contribution in [0.5, 0.6) is 0 Å². The first kappa shape index (κ1) is 38.2. The summed E-state index contributed by atoms with van der Waals surface area (Å²) in [4.78, 5) is 86.2. The van der Waals surface area contributed by atoms with Gasteiger partial charge in [0.25, 0.3) is 0 Å². The molecular weight excluding hydrogens is 638 g/mol. The maximum atomic E-state index is 13.5. The Morgan fingerprint density at radius 2 is 1.71 bits per heavy atom. The van der Waals surface area contributed by atoms with Gasteiger partial charge in [0, 0.05) is 24.7 Å². The Hall–Kier alpha value is -3.65. The maximum Gasteiger partial charge on any atom is 0.326 e. The minimum absolute atomic E-state index is 0.0368. The average Bonchev–Trinajstić information content (AvgIpc) is 3.29. The van der Waals surface area contributed by atoms with Crippen LogP contribution in [-0.2, 0) is 38.3 Å². The second kappa shape index (κ2) is 14.7. The lowest BCUT2D eigenvalue weighted by atomic mass is 9.45. The molecule has 6 unspecified atom stereocenters. The lowest BCUT2D eigenvalue weighted by Gasteiger charge is -2.60. The van der Waals surface area contributed by atoms with E-state index in [4.69, 9.17) is 10.5 Å². The van der Waals surface area contributed by atoms with Crippen molar-refractivity contribution in [2.45, 2.75) is 122 Å². The number of aliphatic carboxylic acids is 1. The average molecular weight is 690 g/mol. The lowest BCUT2D eigenvalue weighted by Crippen LogP contribution is -2.62. The second-order valence-electron chi connectivity index (χ2n) is 15.3. The van der Waals surface area contributed by atoms with E-state index in [0.717, 1.165) is 18.4 Å². The minimum atomic E-state index is -1.82. The van der Waals surface area contributed by atoms with Gasteiger partial charge < -0.3 is 36.4 Å². The first-order chi connectivity index (χ1) is 22.8. The van der Waals surface area contributed by atoms with Gasteiger partial charge in [0.05, 0.1) is 12.5 Å². The molecule has 0 heterocycles. The molecule has 3 amide bonds. The number of carboxylic acid groups (broad SMARTS) is 1. The van der Waals surface area contributed by atoms with Gasteiger partial charge in [-0.25, -0.2) is 4.79 Å². The van der Waals surface area contributed by atoms with Gasteiger partial charge in [-0.2, -0.15) is 0 Å². The molecule has 3 saturated carbocycles. The van der Waals surface area contributed by atoms with Crippen LogP contribution in [0.15, 0.2) is 11.6 Å². The number of Topliss-reactive ketones (excluding diaryl/α,β-unsaturated/α-hetero) is 1. The molecule has 7 N–H and O–H groups in total. The minimum Gasteiger partial charge on any atom is -0.480 e. The Labute approximate surface area is 286 Å². The van der Waals surface area contributed by atoms with Gasteiger partial charge in [-0.1, -0.05) is 33.3 Å². The summed E-state index contributed by atoms with van der Waals surface area (Å²) in [7, 11) is 0. The van der Waals surface area contributed by atoms with Crippen molar-refractivity contribution in [3.8, 4) is 0 Å². The van der Waals surface area contributed by atoms with E-state index in [9.17, 15) is 48.9 Å². The van der Waals surface area contributed by atoms with E-state index < -0.39 is 83.6 Å². The van der Waals surface area contributed by atoms with Crippen LogP contribution < -0.4 is 16.4 Å². The number of primary amides is 1. The highest BCUT2D eigenvalue weighted by atomic mass is 16.5. The molecule has 0 aromatic carbocycles. The third-order valence-corrected chi connectivity index (χ3v) is 12.0. The molecular formula is C35H51N3O11. The molecule has 0 spiro atoms. The van der Waals surface area contributed by atoms with Gasteiger partial charge in [-0.15, -0.1) is 0 Å². The highest BCUT2D eigenvalue weighted by Crippen LogP contribution is 2.67. The maximum absolute atomic E-state index is 13.5. The highest BCUT2D eigenvalue weighted by Gasteiger charge is 2.68. The predicted molar refractivity (Wildman–Crippen MR) is 173 cm³/mol. The van der Waals surface area contributed by atoms with Crippen molar-refractivity contribution in [2.75, 3.05) is 6.61 Å². The van der Waals surface area contributed by atoms with Crippen molar-refractivity contribution in [1.29, 1.82) is 0 Å². The van der Waals surface area contributed by atoms with Crippen molar-refractivity contribution >= 4 is 41.2 Å². The normalized spacial score (nSPS) is 33.2. The number of hydrogen-bond acceptors (Lipinski definition) is 10. The van der Waals surface area contributed by atoms with Gasteiger partial charge in [0.1, 0.15) is 17.7 Å². The van der Waals surface area contributed by atoms with Gasteiger partial charge in [-0.3, -0.25) is 28.8 Å². The smallest absolute Gasteiger partial charge is 0.326 e. The highest BCUT2D eigenvalue weighted by molar-refractivity contribution is 5.93. The number of rotatable bonds is 14. The first-order valence-electron chi connectivity index (χ1n) is 17.3. The number of ether oxygens (including phenoxy) is 1. The molecule has 4 aliphatic rings. The third-order valence-electron chi connectivity index (χ3n) is 12.0. The fraction of sp³-hybridized carbons (Fsp3) is 0.743. The van der Waals surface area contributed by atoms with Crippen molar-refractivity contribution in [2.24, 2.45) is 40.2 Å². The van der Waals surface area contributed by atoms with E-state index in [-0.39, 0.29) is 61.1 Å². The Morgan fingerprint density at radius 1 is 1.02 bits per heavy atom. The summed E-state index contributed by atoms with van der Waals surface area (Å²) in [6, 6.07) is -2.53. The third kappa shape index (κ3) is 7.59. The number of nitrogens with two attached hydrogens (primary N) is 1. The molecule has 0 aromatic heterocycles. The molecule has 272 valence electrons. The zero-order valence-electron chi connectivity index (χ0n) is 28.8. The summed E-state index contributed by atoms with van der Waals surface area (Å²) >= 11 is 0. The van der Waals surface area contributed by atoms with Crippen molar-refractivity contribution in [3.63, 3.8) is 0 Å². The van der Waals surface area contributed by atoms with E-state index >= 15 is 0 Å². The van der Waals surface area contributed by atoms with Crippen molar-refractivity contribution < 1.29 is 53.6 Å². The summed E-state index contributed by atoms with van der Waals surface area (Å²) in [5, 5.41) is 37.6. The Kier molecular flexibility index (Phi) is 11.4. The van der Waals surface area contributed by atoms with Crippen LogP contribution in [-0.4, -0.2) is 86.9 Å². The van der Waals surface area contributed by atoms with Gasteiger partial charge >= 0.3 is 11.9 Å². The summed E-state index contributed by atoms with van der Waals surface area (Å²) in [5.74, 6) is -5.46. The summed E-state index contributed by atoms with van der Waals surface area (Å²) < 4.78 is 5.20. The van der Waals surface area contributed by atoms with Crippen molar-refractivity contribution in [1.82, 2.24) is 10.6 Å². The molecule has 4 aliphatic carbocycles. The zero-order valence-corrected chi connectivity index (χ0v) is 28.8. The molecule has 49 heavy (non-hydrogen) atoms. The van der Waals surface area contributed by atoms with Crippen LogP contribution in [0.1, 0.15) is 98.3 Å². The van der Waals surface area contributed by atoms with Crippen LogP contribution >= 0.6 is 0 Å². The Morgan fingerprint density at radius 3 is 2.35 bits per heavy atom. The second-order valence-corrected chi connectivity index (χ2v) is 15.3. The number of fused-ring (bicyclic) bond motifs is 5. The van der Waals surface area contributed by atoms with E-state index in [1.165, 1.54) is 0 Å². The number of hydrogen-bond donors (Lipinski definition) is 6. The number of amides is 3. The topological polar surface area (TPSA) is 239 Å². The SMILES string of the molecule is CC(C)C(NC(=O)CCC(=O)OCC(=O)[C@@]1(O)CCC2C3CCC4=CC(=O)CC[C@]4(C)C3C(O)C[C@@]21C)C(=O)NC(CCC(N)=O)C(=O)O. The molecule has 0 radical (unpaired) electrons. The van der Waals surface area contributed by atoms with E-state index in [2.05, 4.69) is 17.6 Å². The molecule has 14 heteroatoms. The Balaban J connectivity index is 1.31. The number of carbonyl (C=O) groups excluding carboxylic acids is 6. The molecule has 0 aliphatic heterocycles. The quantitative estimate of drug-likeness (QED) is 0.141. The van der Waals surface area contributed by atoms with Gasteiger partial charge in [-0.05, 0) is 80.1 Å². The monoisotopic (exact) mass is 689 g/mol. The first-order valence-corrected chi connectivity index (χ1v) is 17.3. The summed E-state index contributed by atoms with van der Waals surface area (Å²) in [6.45, 7) is 6.53. The van der Waals surface area contributed by atoms with Crippen LogP contribution in [0.2, 0.25) is 0 Å². The summed E-state index contributed by atoms with van der Waals surface area (Å²) in [6.07, 6.45) is 3.24. The van der Waals surface area contributed by atoms with E-state index in [0.29, 0.717) is 19.3 Å². The predicted octanol–water partition coefficient (Wildman–Crippen LogP) is 1.09. The standard InChI is InChI=1S/C35H51N3O11/c1-18(2)30(31(45)37-23(32(46)47)7-8-26(36)42)38-27(43)9-10-28(44)49-17-25(41)35(48)14-12-22-21-6-5-19-15-20(39)11-13-33(19,3)29(21)24(40)16-34(22,35)4/h15,18,21-24,29-30,40,48H,5-14,16-17H2,1-4H3,(H2,36,42)(H,37,45)(H,38,43)(H,46,47)/t21?,22?,23?,24?,29?,30?,33-,34-,35-/m0/s1. The van der Waals surface area contributed by atoms with Crippen LogP contribution in [0.4, 0.5) is 0 Å². The molecule has 9 atom stereocenters. The number of ketones is 2. The largest absolute Gasteiger partial charge is 0.480 e. The fourth-order valence-corrected chi connectivity index (χ4v) is 9.29. The van der Waals surface area contributed by atoms with Crippen LogP contribution in [0.25, 0.3) is 0 Å². The number of aliphatic hydroxyl groups excluding tert-OH is 1. The molecule has 0 aromatic rings. The number of esters is 1. The number of nitrogens with one attached hydrogen (secondary N) is 2. The number of aliphatic hydroxyl groups is 2.